The zero-order valence-corrected chi connectivity index (χ0v) is 18.5. The third-order valence-corrected chi connectivity index (χ3v) is 6.04. The zero-order chi connectivity index (χ0) is 23.5. The summed E-state index contributed by atoms with van der Waals surface area (Å²) < 4.78 is 4.67. The maximum Gasteiger partial charge on any atom is 0.360 e. The molecule has 0 unspecified atom stereocenters. The Morgan fingerprint density at radius 1 is 0.912 bits per heavy atom. The van der Waals surface area contributed by atoms with Gasteiger partial charge in [0.2, 0.25) is 0 Å². The number of hydrogen-bond acceptors (Lipinski definition) is 6. The van der Waals surface area contributed by atoms with Crippen LogP contribution in [-0.2, 0) is 15.1 Å². The predicted molar refractivity (Wildman–Crippen MR) is 126 cm³/mol. The lowest BCUT2D eigenvalue weighted by molar-refractivity contribution is -0.127. The monoisotopic (exact) mass is 453 g/mol. The Morgan fingerprint density at radius 2 is 1.41 bits per heavy atom. The molecule has 1 N–H and O–H groups in total. The summed E-state index contributed by atoms with van der Waals surface area (Å²) >= 11 is 0. The minimum absolute atomic E-state index is 0.0407. The second-order valence-electron chi connectivity index (χ2n) is 7.98. The van der Waals surface area contributed by atoms with Gasteiger partial charge in [0.15, 0.2) is 5.69 Å². The van der Waals surface area contributed by atoms with Gasteiger partial charge < -0.3 is 4.74 Å². The summed E-state index contributed by atoms with van der Waals surface area (Å²) in [6.07, 6.45) is 1.39. The molecule has 1 aliphatic rings. The largest absolute Gasteiger partial charge is 0.464 e. The molecule has 8 heteroatoms. The Kier molecular flexibility index (Phi) is 5.65. The van der Waals surface area contributed by atoms with Gasteiger partial charge >= 0.3 is 5.97 Å². The topological polar surface area (TPSA) is 89.4 Å². The smallest absolute Gasteiger partial charge is 0.360 e. The molecular formula is C26H23N5O3. The number of amides is 1. The van der Waals surface area contributed by atoms with Gasteiger partial charge in [0.25, 0.3) is 5.91 Å². The van der Waals surface area contributed by atoms with Gasteiger partial charge in [-0.15, -0.1) is 5.10 Å². The van der Waals surface area contributed by atoms with Crippen molar-refractivity contribution in [2.24, 2.45) is 0 Å². The average Bonchev–Trinajstić information content (AvgIpc) is 3.39. The molecule has 0 aliphatic carbocycles. The standard InChI is InChI=1S/C26H23N5O3/c1-34-25(33)23-18-31(29-28-23)30-17-22(24(30)32)27-26(19-11-5-2-6-12-19,20-13-7-3-8-14-20)21-15-9-4-10-16-21/h2-16,18,22,27H,17H2,1H3/t22-/m0/s1. The molecule has 0 bridgehead atoms. The number of carbonyl (C=O) groups excluding carboxylic acids is 2. The number of nitrogens with one attached hydrogen (secondary N) is 1. The third-order valence-electron chi connectivity index (χ3n) is 6.04. The van der Waals surface area contributed by atoms with Crippen LogP contribution in [0, 0.1) is 0 Å². The molecule has 1 atom stereocenters. The highest BCUT2D eigenvalue weighted by Gasteiger charge is 2.46. The molecule has 8 nitrogen and oxygen atoms in total. The van der Waals surface area contributed by atoms with Crippen molar-refractivity contribution in [2.45, 2.75) is 11.6 Å². The predicted octanol–water partition coefficient (Wildman–Crippen LogP) is 2.49. The van der Waals surface area contributed by atoms with E-state index in [9.17, 15) is 9.59 Å². The molecule has 2 heterocycles. The molecule has 0 saturated carbocycles. The summed E-state index contributed by atoms with van der Waals surface area (Å²) in [5.74, 6) is -0.779. The summed E-state index contributed by atoms with van der Waals surface area (Å²) in [6.45, 7) is 0.358. The van der Waals surface area contributed by atoms with Gasteiger partial charge in [-0.25, -0.2) is 9.80 Å². The molecule has 1 aliphatic heterocycles. The molecule has 5 rings (SSSR count). The fourth-order valence-electron chi connectivity index (χ4n) is 4.35. The van der Waals surface area contributed by atoms with Crippen molar-refractivity contribution in [1.29, 1.82) is 0 Å². The molecular weight excluding hydrogens is 430 g/mol. The molecule has 0 radical (unpaired) electrons. The first-order valence-corrected chi connectivity index (χ1v) is 10.9. The molecule has 34 heavy (non-hydrogen) atoms. The third kappa shape index (κ3) is 3.64. The molecule has 1 fully saturated rings. The van der Waals surface area contributed by atoms with Crippen molar-refractivity contribution in [1.82, 2.24) is 20.4 Å². The molecule has 1 amide bonds. The van der Waals surface area contributed by atoms with Crippen LogP contribution in [0.1, 0.15) is 27.2 Å². The van der Waals surface area contributed by atoms with Gasteiger partial charge in [-0.1, -0.05) is 91.0 Å². The van der Waals surface area contributed by atoms with E-state index < -0.39 is 17.6 Å². The van der Waals surface area contributed by atoms with Crippen LogP contribution in [0.15, 0.2) is 97.2 Å². The van der Waals surface area contributed by atoms with Crippen molar-refractivity contribution in [3.05, 3.63) is 120 Å². The molecule has 1 aromatic heterocycles. The lowest BCUT2D eigenvalue weighted by Gasteiger charge is -2.45. The van der Waals surface area contributed by atoms with Crippen LogP contribution in [0.2, 0.25) is 0 Å². The summed E-state index contributed by atoms with van der Waals surface area (Å²) in [5.41, 5.74) is 2.35. The maximum atomic E-state index is 13.2. The number of rotatable bonds is 7. The lowest BCUT2D eigenvalue weighted by Crippen LogP contribution is -2.70. The van der Waals surface area contributed by atoms with Crippen LogP contribution < -0.4 is 10.3 Å². The molecule has 4 aromatic rings. The maximum absolute atomic E-state index is 13.2. The number of ether oxygens (including phenoxy) is 1. The Balaban J connectivity index is 1.52. The Morgan fingerprint density at radius 3 is 1.85 bits per heavy atom. The average molecular weight is 454 g/mol. The van der Waals surface area contributed by atoms with Gasteiger partial charge in [-0.3, -0.25) is 10.1 Å². The van der Waals surface area contributed by atoms with E-state index in [2.05, 4.69) is 56.8 Å². The van der Waals surface area contributed by atoms with E-state index in [-0.39, 0.29) is 11.6 Å². The van der Waals surface area contributed by atoms with E-state index in [1.165, 1.54) is 23.1 Å². The van der Waals surface area contributed by atoms with E-state index in [4.69, 9.17) is 0 Å². The Hall–Kier alpha value is -4.30. The van der Waals surface area contributed by atoms with Crippen LogP contribution in [0.5, 0.6) is 0 Å². The SMILES string of the molecule is COC(=O)c1cn(N2C[C@H](NC(c3ccccc3)(c3ccccc3)c3ccccc3)C2=O)nn1. The number of carbonyl (C=O) groups is 2. The van der Waals surface area contributed by atoms with E-state index in [0.29, 0.717) is 6.54 Å². The lowest BCUT2D eigenvalue weighted by atomic mass is 9.76. The summed E-state index contributed by atoms with van der Waals surface area (Å²) in [7, 11) is 1.27. The molecule has 0 spiro atoms. The van der Waals surface area contributed by atoms with Gasteiger partial charge in [-0.2, -0.15) is 4.79 Å². The number of nitrogens with zero attached hydrogens (tertiary/aromatic N) is 4. The minimum atomic E-state index is -0.754. The number of methoxy groups -OCH3 is 1. The van der Waals surface area contributed by atoms with Crippen LogP contribution in [0.25, 0.3) is 0 Å². The van der Waals surface area contributed by atoms with Crippen molar-refractivity contribution in [3.8, 4) is 0 Å². The molecule has 3 aromatic carbocycles. The van der Waals surface area contributed by atoms with Crippen molar-refractivity contribution < 1.29 is 14.3 Å². The Labute approximate surface area is 196 Å². The molecule has 170 valence electrons. The van der Waals surface area contributed by atoms with E-state index in [1.54, 1.807) is 0 Å². The van der Waals surface area contributed by atoms with Gasteiger partial charge in [0.1, 0.15) is 6.04 Å². The van der Waals surface area contributed by atoms with Crippen molar-refractivity contribution in [3.63, 3.8) is 0 Å². The van der Waals surface area contributed by atoms with Crippen LogP contribution >= 0.6 is 0 Å². The van der Waals surface area contributed by atoms with Crippen LogP contribution in [0.3, 0.4) is 0 Å². The van der Waals surface area contributed by atoms with Gasteiger partial charge in [0, 0.05) is 0 Å². The van der Waals surface area contributed by atoms with Crippen molar-refractivity contribution >= 4 is 11.9 Å². The van der Waals surface area contributed by atoms with E-state index in [0.717, 1.165) is 16.7 Å². The highest BCUT2D eigenvalue weighted by Crippen LogP contribution is 2.38. The van der Waals surface area contributed by atoms with Gasteiger partial charge in [0.05, 0.1) is 25.4 Å². The highest BCUT2D eigenvalue weighted by atomic mass is 16.5. The Bertz CT molecular complexity index is 1200. The number of aromatic nitrogens is 3. The summed E-state index contributed by atoms with van der Waals surface area (Å²) in [5, 5.41) is 12.8. The van der Waals surface area contributed by atoms with E-state index in [1.807, 2.05) is 54.6 Å². The fourth-order valence-corrected chi connectivity index (χ4v) is 4.35. The van der Waals surface area contributed by atoms with Crippen LogP contribution in [0.4, 0.5) is 0 Å². The quantitative estimate of drug-likeness (QED) is 0.263. The second kappa shape index (κ2) is 8.92. The number of esters is 1. The normalized spacial score (nSPS) is 15.6. The fraction of sp³-hybridized carbons (Fsp3) is 0.154. The first kappa shape index (κ1) is 21.5. The molecule has 1 saturated heterocycles. The first-order valence-electron chi connectivity index (χ1n) is 10.9. The highest BCUT2D eigenvalue weighted by molar-refractivity contribution is 5.98. The first-order chi connectivity index (χ1) is 16.6. The number of β-lactam (4-membered cyclic amide) rings is 1. The second-order valence-corrected chi connectivity index (χ2v) is 7.98. The van der Waals surface area contributed by atoms with Crippen LogP contribution in [-0.4, -0.2) is 46.7 Å². The van der Waals surface area contributed by atoms with Gasteiger partial charge in [-0.05, 0) is 21.9 Å². The zero-order valence-electron chi connectivity index (χ0n) is 18.5. The minimum Gasteiger partial charge on any atom is -0.464 e. The van der Waals surface area contributed by atoms with Crippen molar-refractivity contribution in [2.75, 3.05) is 18.7 Å². The summed E-state index contributed by atoms with van der Waals surface area (Å²) in [4.78, 5) is 26.2. The summed E-state index contributed by atoms with van der Waals surface area (Å²) in [6, 6.07) is 29.8. The number of hydrogen-bond donors (Lipinski definition) is 1. The number of benzene rings is 3. The van der Waals surface area contributed by atoms with E-state index >= 15 is 0 Å².